The minimum Gasteiger partial charge on any atom is -0.261 e. The van der Waals surface area contributed by atoms with Crippen LogP contribution in [0.4, 0.5) is 8.78 Å². The molecule has 3 rings (SSSR count). The van der Waals surface area contributed by atoms with Gasteiger partial charge in [-0.3, -0.25) is 4.98 Å². The summed E-state index contributed by atoms with van der Waals surface area (Å²) in [6, 6.07) is 5.98. The summed E-state index contributed by atoms with van der Waals surface area (Å²) in [6.45, 7) is 0. The van der Waals surface area contributed by atoms with E-state index in [1.54, 1.807) is 12.3 Å². The summed E-state index contributed by atoms with van der Waals surface area (Å²) < 4.78 is 26.8. The first-order valence-electron chi connectivity index (χ1n) is 5.18. The number of rotatable bonds is 0. The van der Waals surface area contributed by atoms with Crippen molar-refractivity contribution in [1.29, 1.82) is 0 Å². The number of aryl methyl sites for hydroxylation is 1. The summed E-state index contributed by atoms with van der Waals surface area (Å²) >= 11 is 0. The van der Waals surface area contributed by atoms with Crippen LogP contribution < -0.4 is 0 Å². The van der Waals surface area contributed by atoms with Crippen molar-refractivity contribution in [3.63, 3.8) is 0 Å². The number of aromatic nitrogens is 1. The van der Waals surface area contributed by atoms with Crippen molar-refractivity contribution >= 4 is 0 Å². The zero-order chi connectivity index (χ0) is 11.1. The summed E-state index contributed by atoms with van der Waals surface area (Å²) in [5.41, 5.74) is 3.01. The highest BCUT2D eigenvalue weighted by atomic mass is 19.1. The van der Waals surface area contributed by atoms with Crippen molar-refractivity contribution in [1.82, 2.24) is 4.98 Å². The smallest absolute Gasteiger partial charge is 0.129 e. The van der Waals surface area contributed by atoms with E-state index in [1.165, 1.54) is 6.07 Å². The van der Waals surface area contributed by atoms with E-state index in [9.17, 15) is 8.78 Å². The molecule has 0 N–H and O–H groups in total. The van der Waals surface area contributed by atoms with Crippen molar-refractivity contribution in [2.24, 2.45) is 0 Å². The van der Waals surface area contributed by atoms with Crippen molar-refractivity contribution in [3.05, 3.63) is 53.4 Å². The van der Waals surface area contributed by atoms with Gasteiger partial charge in [0, 0.05) is 23.5 Å². The summed E-state index contributed by atoms with van der Waals surface area (Å²) in [7, 11) is 0. The number of hydrogen-bond donors (Lipinski definition) is 0. The Morgan fingerprint density at radius 1 is 1.06 bits per heavy atom. The number of nitrogens with zero attached hydrogens (tertiary/aromatic N) is 1. The van der Waals surface area contributed by atoms with Crippen LogP contribution in [0.3, 0.4) is 0 Å². The van der Waals surface area contributed by atoms with Crippen LogP contribution in [0.15, 0.2) is 30.5 Å². The lowest BCUT2D eigenvalue weighted by Gasteiger charge is -2.19. The first kappa shape index (κ1) is 9.46. The van der Waals surface area contributed by atoms with Gasteiger partial charge in [0.05, 0.1) is 0 Å². The lowest BCUT2D eigenvalue weighted by molar-refractivity contribution is 0.570. The number of pyridine rings is 1. The first-order chi connectivity index (χ1) is 7.75. The van der Waals surface area contributed by atoms with Gasteiger partial charge in [0.1, 0.15) is 11.6 Å². The van der Waals surface area contributed by atoms with Crippen molar-refractivity contribution in [2.75, 3.05) is 0 Å². The molecular weight excluding hydrogens is 208 g/mol. The predicted octanol–water partition coefficient (Wildman–Crippen LogP) is 3.13. The molecule has 0 spiro atoms. The SMILES string of the molecule is Fc1cc(F)c2c(c1)-c1cccnc1CC2. The van der Waals surface area contributed by atoms with Crippen LogP contribution in [-0.4, -0.2) is 4.98 Å². The highest BCUT2D eigenvalue weighted by Crippen LogP contribution is 2.34. The third-order valence-electron chi connectivity index (χ3n) is 2.95. The van der Waals surface area contributed by atoms with Gasteiger partial charge in [0.25, 0.3) is 0 Å². The van der Waals surface area contributed by atoms with Gasteiger partial charge in [0.2, 0.25) is 0 Å². The fraction of sp³-hybridized carbons (Fsp3) is 0.154. The van der Waals surface area contributed by atoms with Gasteiger partial charge in [0.15, 0.2) is 0 Å². The second-order valence-electron chi connectivity index (χ2n) is 3.91. The minimum atomic E-state index is -0.534. The van der Waals surface area contributed by atoms with Crippen LogP contribution >= 0.6 is 0 Å². The molecule has 0 saturated heterocycles. The highest BCUT2D eigenvalue weighted by molar-refractivity contribution is 5.71. The van der Waals surface area contributed by atoms with Crippen LogP contribution in [0, 0.1) is 11.6 Å². The number of hydrogen-bond acceptors (Lipinski definition) is 1. The summed E-state index contributed by atoms with van der Waals surface area (Å²) in [4.78, 5) is 4.23. The summed E-state index contributed by atoms with van der Waals surface area (Å²) in [6.07, 6.45) is 3.01. The summed E-state index contributed by atoms with van der Waals surface area (Å²) in [5, 5.41) is 0. The highest BCUT2D eigenvalue weighted by Gasteiger charge is 2.20. The third kappa shape index (κ3) is 1.32. The van der Waals surface area contributed by atoms with Gasteiger partial charge >= 0.3 is 0 Å². The zero-order valence-electron chi connectivity index (χ0n) is 8.50. The molecule has 0 atom stereocenters. The van der Waals surface area contributed by atoms with E-state index >= 15 is 0 Å². The fourth-order valence-electron chi connectivity index (χ4n) is 2.22. The second kappa shape index (κ2) is 3.37. The van der Waals surface area contributed by atoms with Gasteiger partial charge < -0.3 is 0 Å². The third-order valence-corrected chi connectivity index (χ3v) is 2.95. The normalized spacial score (nSPS) is 13.1. The molecule has 0 bridgehead atoms. The molecule has 1 aliphatic rings. The topological polar surface area (TPSA) is 12.9 Å². The maximum Gasteiger partial charge on any atom is 0.129 e. The summed E-state index contributed by atoms with van der Waals surface area (Å²) in [5.74, 6) is -0.988. The maximum atomic E-state index is 13.6. The maximum absolute atomic E-state index is 13.6. The van der Waals surface area contributed by atoms with Crippen molar-refractivity contribution in [2.45, 2.75) is 12.8 Å². The molecule has 16 heavy (non-hydrogen) atoms. The number of halogens is 2. The lowest BCUT2D eigenvalue weighted by Crippen LogP contribution is -2.08. The van der Waals surface area contributed by atoms with Crippen LogP contribution in [0.1, 0.15) is 11.3 Å². The molecule has 1 heterocycles. The first-order valence-corrected chi connectivity index (χ1v) is 5.18. The van der Waals surface area contributed by atoms with E-state index in [-0.39, 0.29) is 0 Å². The van der Waals surface area contributed by atoms with E-state index in [0.717, 1.165) is 17.3 Å². The molecule has 0 radical (unpaired) electrons. The van der Waals surface area contributed by atoms with Gasteiger partial charge in [-0.25, -0.2) is 8.78 Å². The molecule has 1 nitrogen and oxygen atoms in total. The van der Waals surface area contributed by atoms with Crippen LogP contribution in [0.2, 0.25) is 0 Å². The Labute approximate surface area is 91.8 Å². The number of benzene rings is 1. The molecule has 80 valence electrons. The van der Waals surface area contributed by atoms with E-state index in [2.05, 4.69) is 4.98 Å². The van der Waals surface area contributed by atoms with Crippen LogP contribution in [-0.2, 0) is 12.8 Å². The standard InChI is InChI=1S/C13H9F2N/c14-8-6-11-9(12(15)7-8)3-4-13-10(11)2-1-5-16-13/h1-2,5-7H,3-4H2. The Hall–Kier alpha value is -1.77. The molecule has 1 aromatic carbocycles. The van der Waals surface area contributed by atoms with E-state index in [4.69, 9.17) is 0 Å². The average Bonchev–Trinajstić information content (AvgIpc) is 2.28. The number of fused-ring (bicyclic) bond motifs is 3. The Kier molecular flexibility index (Phi) is 1.99. The monoisotopic (exact) mass is 217 g/mol. The molecule has 0 unspecified atom stereocenters. The lowest BCUT2D eigenvalue weighted by atomic mass is 9.88. The molecule has 1 aliphatic carbocycles. The zero-order valence-corrected chi connectivity index (χ0v) is 8.50. The molecule has 0 fully saturated rings. The molecule has 0 amide bonds. The predicted molar refractivity (Wildman–Crippen MR) is 57.0 cm³/mol. The Bertz CT molecular complexity index is 564. The van der Waals surface area contributed by atoms with E-state index < -0.39 is 11.6 Å². The van der Waals surface area contributed by atoms with Gasteiger partial charge in [-0.05, 0) is 36.1 Å². The Morgan fingerprint density at radius 3 is 2.81 bits per heavy atom. The van der Waals surface area contributed by atoms with Crippen LogP contribution in [0.5, 0.6) is 0 Å². The van der Waals surface area contributed by atoms with Crippen LogP contribution in [0.25, 0.3) is 11.1 Å². The molecule has 1 aromatic heterocycles. The van der Waals surface area contributed by atoms with Gasteiger partial charge in [-0.1, -0.05) is 6.07 Å². The minimum absolute atomic E-state index is 0.454. The molecule has 0 aliphatic heterocycles. The Morgan fingerprint density at radius 2 is 1.94 bits per heavy atom. The molecule has 2 aromatic rings. The largest absolute Gasteiger partial charge is 0.261 e. The molecular formula is C13H9F2N. The van der Waals surface area contributed by atoms with Gasteiger partial charge in [-0.15, -0.1) is 0 Å². The van der Waals surface area contributed by atoms with Crippen molar-refractivity contribution < 1.29 is 8.78 Å². The second-order valence-corrected chi connectivity index (χ2v) is 3.91. The average molecular weight is 217 g/mol. The molecule has 0 saturated carbocycles. The molecule has 3 heteroatoms. The van der Waals surface area contributed by atoms with E-state index in [1.807, 2.05) is 6.07 Å². The Balaban J connectivity index is 2.31. The van der Waals surface area contributed by atoms with Gasteiger partial charge in [-0.2, -0.15) is 0 Å². The van der Waals surface area contributed by atoms with E-state index in [0.29, 0.717) is 24.0 Å². The fourth-order valence-corrected chi connectivity index (χ4v) is 2.22. The quantitative estimate of drug-likeness (QED) is 0.660. The van der Waals surface area contributed by atoms with Crippen molar-refractivity contribution in [3.8, 4) is 11.1 Å².